The van der Waals surface area contributed by atoms with Gasteiger partial charge in [0.25, 0.3) is 0 Å². The zero-order valence-electron chi connectivity index (χ0n) is 11.8. The van der Waals surface area contributed by atoms with Crippen molar-refractivity contribution in [2.75, 3.05) is 19.7 Å². The normalized spacial score (nSPS) is 11.9. The van der Waals surface area contributed by atoms with Crippen LogP contribution in [0.5, 0.6) is 5.75 Å². The second-order valence-corrected chi connectivity index (χ2v) is 4.86. The molecule has 0 aliphatic rings. The highest BCUT2D eigenvalue weighted by Crippen LogP contribution is 2.16. The van der Waals surface area contributed by atoms with Crippen molar-refractivity contribution in [2.45, 2.75) is 26.7 Å². The third-order valence-corrected chi connectivity index (χ3v) is 2.95. The zero-order valence-corrected chi connectivity index (χ0v) is 11.8. The van der Waals surface area contributed by atoms with Gasteiger partial charge in [-0.2, -0.15) is 0 Å². The minimum absolute atomic E-state index is 0.0636. The first-order chi connectivity index (χ1) is 9.13. The van der Waals surface area contributed by atoms with Crippen LogP contribution in [0.2, 0.25) is 0 Å². The molecule has 0 spiro atoms. The van der Waals surface area contributed by atoms with Crippen molar-refractivity contribution in [1.82, 2.24) is 5.32 Å². The van der Waals surface area contributed by atoms with Gasteiger partial charge in [-0.3, -0.25) is 4.79 Å². The molecule has 0 aromatic heterocycles. The van der Waals surface area contributed by atoms with Crippen molar-refractivity contribution < 1.29 is 9.53 Å². The number of nitrogens with one attached hydrogen (secondary N) is 1. The standard InChI is InChI=1S/C15H24N2O2/c1-12(10-16)11-17-15(18)8-5-9-19-14-7-4-3-6-13(14)2/h3-4,6-7,12H,5,8-11,16H2,1-2H3,(H,17,18). The van der Waals surface area contributed by atoms with Crippen molar-refractivity contribution in [3.63, 3.8) is 0 Å². The molecule has 1 rings (SSSR count). The molecule has 0 fully saturated rings. The number of nitrogens with two attached hydrogens (primary N) is 1. The van der Waals surface area contributed by atoms with E-state index in [4.69, 9.17) is 10.5 Å². The summed E-state index contributed by atoms with van der Waals surface area (Å²) < 4.78 is 5.63. The van der Waals surface area contributed by atoms with Gasteiger partial charge in [0, 0.05) is 13.0 Å². The number of para-hydroxylation sites is 1. The highest BCUT2D eigenvalue weighted by molar-refractivity contribution is 5.75. The van der Waals surface area contributed by atoms with Crippen molar-refractivity contribution >= 4 is 5.91 Å². The van der Waals surface area contributed by atoms with E-state index >= 15 is 0 Å². The van der Waals surface area contributed by atoms with Gasteiger partial charge < -0.3 is 15.8 Å². The van der Waals surface area contributed by atoms with E-state index in [1.807, 2.05) is 38.1 Å². The van der Waals surface area contributed by atoms with Crippen LogP contribution in [0.25, 0.3) is 0 Å². The number of aryl methyl sites for hydroxylation is 1. The van der Waals surface area contributed by atoms with E-state index < -0.39 is 0 Å². The molecule has 1 aromatic carbocycles. The Morgan fingerprint density at radius 3 is 2.84 bits per heavy atom. The lowest BCUT2D eigenvalue weighted by Gasteiger charge is -2.11. The molecule has 1 unspecified atom stereocenters. The summed E-state index contributed by atoms with van der Waals surface area (Å²) in [5.41, 5.74) is 6.60. The average molecular weight is 264 g/mol. The fourth-order valence-corrected chi connectivity index (χ4v) is 1.59. The van der Waals surface area contributed by atoms with Crippen molar-refractivity contribution in [3.8, 4) is 5.75 Å². The molecule has 1 amide bonds. The van der Waals surface area contributed by atoms with E-state index in [1.165, 1.54) is 0 Å². The third-order valence-electron chi connectivity index (χ3n) is 2.95. The Kier molecular flexibility index (Phi) is 6.97. The minimum Gasteiger partial charge on any atom is -0.493 e. The predicted octanol–water partition coefficient (Wildman–Crippen LogP) is 1.87. The van der Waals surface area contributed by atoms with Crippen LogP contribution >= 0.6 is 0 Å². The molecule has 0 saturated carbocycles. The molecule has 1 aromatic rings. The van der Waals surface area contributed by atoms with Gasteiger partial charge in [-0.25, -0.2) is 0 Å². The van der Waals surface area contributed by atoms with Crippen molar-refractivity contribution in [3.05, 3.63) is 29.8 Å². The number of ether oxygens (including phenoxy) is 1. The first kappa shape index (κ1) is 15.5. The zero-order chi connectivity index (χ0) is 14.1. The van der Waals surface area contributed by atoms with Crippen LogP contribution in [0.3, 0.4) is 0 Å². The SMILES string of the molecule is Cc1ccccc1OCCCC(=O)NCC(C)CN. The van der Waals surface area contributed by atoms with E-state index in [2.05, 4.69) is 5.32 Å². The summed E-state index contributed by atoms with van der Waals surface area (Å²) in [6.07, 6.45) is 1.21. The Labute approximate surface area is 115 Å². The van der Waals surface area contributed by atoms with Gasteiger partial charge in [0.2, 0.25) is 5.91 Å². The van der Waals surface area contributed by atoms with E-state index in [9.17, 15) is 4.79 Å². The third kappa shape index (κ3) is 6.25. The summed E-state index contributed by atoms with van der Waals surface area (Å²) in [6, 6.07) is 7.88. The minimum atomic E-state index is 0.0636. The molecular weight excluding hydrogens is 240 g/mol. The van der Waals surface area contributed by atoms with Crippen LogP contribution in [-0.4, -0.2) is 25.6 Å². The fraction of sp³-hybridized carbons (Fsp3) is 0.533. The molecule has 106 valence electrons. The molecule has 0 radical (unpaired) electrons. The topological polar surface area (TPSA) is 64.3 Å². The lowest BCUT2D eigenvalue weighted by Crippen LogP contribution is -2.31. The molecule has 0 aliphatic carbocycles. The van der Waals surface area contributed by atoms with Gasteiger partial charge in [0.15, 0.2) is 0 Å². The van der Waals surface area contributed by atoms with E-state index in [0.717, 1.165) is 17.7 Å². The number of benzene rings is 1. The largest absolute Gasteiger partial charge is 0.493 e. The Balaban J connectivity index is 2.14. The summed E-state index contributed by atoms with van der Waals surface area (Å²) in [5, 5.41) is 2.87. The van der Waals surface area contributed by atoms with Crippen molar-refractivity contribution in [2.24, 2.45) is 11.7 Å². The molecule has 4 heteroatoms. The first-order valence-corrected chi connectivity index (χ1v) is 6.78. The average Bonchev–Trinajstić information content (AvgIpc) is 2.42. The maximum Gasteiger partial charge on any atom is 0.220 e. The van der Waals surface area contributed by atoms with Gasteiger partial charge in [-0.05, 0) is 37.4 Å². The van der Waals surface area contributed by atoms with Crippen LogP contribution in [0.1, 0.15) is 25.3 Å². The molecule has 0 bridgehead atoms. The molecule has 3 N–H and O–H groups in total. The van der Waals surface area contributed by atoms with Gasteiger partial charge >= 0.3 is 0 Å². The second-order valence-electron chi connectivity index (χ2n) is 4.86. The number of hydrogen-bond donors (Lipinski definition) is 2. The summed E-state index contributed by atoms with van der Waals surface area (Å²) in [4.78, 5) is 11.5. The number of amides is 1. The van der Waals surface area contributed by atoms with Gasteiger partial charge in [-0.1, -0.05) is 25.1 Å². The van der Waals surface area contributed by atoms with E-state index in [1.54, 1.807) is 0 Å². The second kappa shape index (κ2) is 8.53. The number of carbonyl (C=O) groups is 1. The van der Waals surface area contributed by atoms with E-state index in [0.29, 0.717) is 32.0 Å². The van der Waals surface area contributed by atoms with Gasteiger partial charge in [0.1, 0.15) is 5.75 Å². The summed E-state index contributed by atoms with van der Waals surface area (Å²) in [5.74, 6) is 1.28. The van der Waals surface area contributed by atoms with Crippen LogP contribution in [0, 0.1) is 12.8 Å². The predicted molar refractivity (Wildman–Crippen MR) is 77.1 cm³/mol. The Bertz CT molecular complexity index is 393. The fourth-order valence-electron chi connectivity index (χ4n) is 1.59. The van der Waals surface area contributed by atoms with Crippen LogP contribution in [-0.2, 0) is 4.79 Å². The van der Waals surface area contributed by atoms with E-state index in [-0.39, 0.29) is 5.91 Å². The van der Waals surface area contributed by atoms with Gasteiger partial charge in [0.05, 0.1) is 6.61 Å². The van der Waals surface area contributed by atoms with Crippen molar-refractivity contribution in [1.29, 1.82) is 0 Å². The molecular formula is C15H24N2O2. The number of carbonyl (C=O) groups excluding carboxylic acids is 1. The van der Waals surface area contributed by atoms with Crippen LogP contribution in [0.15, 0.2) is 24.3 Å². The van der Waals surface area contributed by atoms with Crippen LogP contribution in [0.4, 0.5) is 0 Å². The Hall–Kier alpha value is -1.55. The lowest BCUT2D eigenvalue weighted by molar-refractivity contribution is -0.121. The molecule has 19 heavy (non-hydrogen) atoms. The Morgan fingerprint density at radius 1 is 1.42 bits per heavy atom. The molecule has 0 heterocycles. The molecule has 0 aliphatic heterocycles. The maximum atomic E-state index is 11.5. The molecule has 0 saturated heterocycles. The first-order valence-electron chi connectivity index (χ1n) is 6.78. The monoisotopic (exact) mass is 264 g/mol. The summed E-state index contributed by atoms with van der Waals surface area (Å²) in [6.45, 7) is 5.83. The summed E-state index contributed by atoms with van der Waals surface area (Å²) in [7, 11) is 0. The Morgan fingerprint density at radius 2 is 2.16 bits per heavy atom. The molecule has 4 nitrogen and oxygen atoms in total. The smallest absolute Gasteiger partial charge is 0.220 e. The lowest BCUT2D eigenvalue weighted by atomic mass is 10.2. The highest BCUT2D eigenvalue weighted by Gasteiger charge is 2.04. The van der Waals surface area contributed by atoms with Crippen LogP contribution < -0.4 is 15.8 Å². The number of rotatable bonds is 8. The quantitative estimate of drug-likeness (QED) is 0.704. The highest BCUT2D eigenvalue weighted by atomic mass is 16.5. The number of hydrogen-bond acceptors (Lipinski definition) is 3. The maximum absolute atomic E-state index is 11.5. The van der Waals surface area contributed by atoms with Gasteiger partial charge in [-0.15, -0.1) is 0 Å². The summed E-state index contributed by atoms with van der Waals surface area (Å²) >= 11 is 0. The molecule has 1 atom stereocenters.